The molecular weight excluding hydrogens is 403 g/mol. The summed E-state index contributed by atoms with van der Waals surface area (Å²) >= 11 is -2.38. The Kier molecular flexibility index (Phi) is 9.94. The van der Waals surface area contributed by atoms with Crippen LogP contribution in [0, 0.1) is 0 Å². The van der Waals surface area contributed by atoms with Crippen LogP contribution in [0.4, 0.5) is 5.82 Å². The summed E-state index contributed by atoms with van der Waals surface area (Å²) in [6.07, 6.45) is 10.1. The minimum atomic E-state index is -2.38. The Labute approximate surface area is 153 Å². The van der Waals surface area contributed by atoms with Gasteiger partial charge in [0.15, 0.2) is 0 Å². The van der Waals surface area contributed by atoms with Crippen LogP contribution in [0.25, 0.3) is 0 Å². The van der Waals surface area contributed by atoms with Crippen molar-refractivity contribution in [1.29, 1.82) is 0 Å². The SMILES string of the molecule is CCC[CH2][Sn]([CH2]CCC)([CH2]CCC)[c]1ccc(N(C)C(C)=O)nc1. The van der Waals surface area contributed by atoms with Gasteiger partial charge < -0.3 is 0 Å². The first-order chi connectivity index (χ1) is 11.5. The van der Waals surface area contributed by atoms with E-state index in [4.69, 9.17) is 0 Å². The van der Waals surface area contributed by atoms with Crippen molar-refractivity contribution in [3.05, 3.63) is 18.3 Å². The van der Waals surface area contributed by atoms with Gasteiger partial charge in [-0.15, -0.1) is 0 Å². The van der Waals surface area contributed by atoms with E-state index in [9.17, 15) is 4.79 Å². The van der Waals surface area contributed by atoms with Gasteiger partial charge in [-0.3, -0.25) is 0 Å². The number of nitrogens with zero attached hydrogens (tertiary/aromatic N) is 2. The van der Waals surface area contributed by atoms with Crippen molar-refractivity contribution in [1.82, 2.24) is 4.98 Å². The van der Waals surface area contributed by atoms with Crippen molar-refractivity contribution in [3.63, 3.8) is 0 Å². The minimum absolute atomic E-state index is 0.0352. The number of hydrogen-bond donors (Lipinski definition) is 0. The summed E-state index contributed by atoms with van der Waals surface area (Å²) in [5, 5.41) is 0. The van der Waals surface area contributed by atoms with Gasteiger partial charge in [-0.1, -0.05) is 0 Å². The second-order valence-corrected chi connectivity index (χ2v) is 20.3. The van der Waals surface area contributed by atoms with Gasteiger partial charge in [0.1, 0.15) is 0 Å². The van der Waals surface area contributed by atoms with Gasteiger partial charge >= 0.3 is 153 Å². The van der Waals surface area contributed by atoms with E-state index in [2.05, 4.69) is 44.1 Å². The van der Waals surface area contributed by atoms with E-state index in [0.717, 1.165) is 5.82 Å². The molecule has 0 aliphatic rings. The molecule has 0 spiro atoms. The van der Waals surface area contributed by atoms with E-state index < -0.39 is 18.4 Å². The Morgan fingerprint density at radius 3 is 1.83 bits per heavy atom. The Bertz CT molecular complexity index is 465. The van der Waals surface area contributed by atoms with E-state index in [1.807, 2.05) is 0 Å². The van der Waals surface area contributed by atoms with Crippen molar-refractivity contribution < 1.29 is 4.79 Å². The van der Waals surface area contributed by atoms with Crippen LogP contribution in [0.3, 0.4) is 0 Å². The molecule has 1 amide bonds. The van der Waals surface area contributed by atoms with Crippen LogP contribution in [0.5, 0.6) is 0 Å². The maximum atomic E-state index is 11.5. The molecule has 0 fully saturated rings. The molecule has 0 saturated heterocycles. The second kappa shape index (κ2) is 11.1. The van der Waals surface area contributed by atoms with E-state index in [-0.39, 0.29) is 5.91 Å². The summed E-state index contributed by atoms with van der Waals surface area (Å²) in [6.45, 7) is 8.50. The Balaban J connectivity index is 3.12. The Morgan fingerprint density at radius 1 is 1.00 bits per heavy atom. The molecule has 0 N–H and O–H groups in total. The monoisotopic (exact) mass is 440 g/mol. The zero-order valence-electron chi connectivity index (χ0n) is 16.4. The van der Waals surface area contributed by atoms with Crippen LogP contribution in [0.1, 0.15) is 66.2 Å². The van der Waals surface area contributed by atoms with Gasteiger partial charge in [0.05, 0.1) is 0 Å². The van der Waals surface area contributed by atoms with Crippen LogP contribution in [-0.2, 0) is 4.79 Å². The molecule has 0 aliphatic carbocycles. The molecular formula is C20H36N2OSn. The first-order valence-corrected chi connectivity index (χ1v) is 17.2. The number of carbonyl (C=O) groups excluding carboxylic acids is 1. The van der Waals surface area contributed by atoms with Gasteiger partial charge in [-0.25, -0.2) is 0 Å². The number of pyridine rings is 1. The molecule has 136 valence electrons. The molecule has 1 heterocycles. The number of rotatable bonds is 11. The number of hydrogen-bond acceptors (Lipinski definition) is 2. The molecule has 24 heavy (non-hydrogen) atoms. The van der Waals surface area contributed by atoms with Crippen LogP contribution < -0.4 is 8.48 Å². The number of aromatic nitrogens is 1. The van der Waals surface area contributed by atoms with Gasteiger partial charge in [0, 0.05) is 0 Å². The fourth-order valence-corrected chi connectivity index (χ4v) is 19.1. The third-order valence-corrected chi connectivity index (χ3v) is 20.8. The van der Waals surface area contributed by atoms with Crippen molar-refractivity contribution in [2.45, 2.75) is 79.5 Å². The van der Waals surface area contributed by atoms with Gasteiger partial charge in [-0.05, 0) is 0 Å². The quantitative estimate of drug-likeness (QED) is 0.449. The van der Waals surface area contributed by atoms with Crippen LogP contribution in [-0.4, -0.2) is 36.3 Å². The molecule has 1 aromatic heterocycles. The summed E-state index contributed by atoms with van der Waals surface area (Å²) in [6, 6.07) is 4.37. The summed E-state index contributed by atoms with van der Waals surface area (Å²) in [5.74, 6) is 0.806. The van der Waals surface area contributed by atoms with E-state index in [1.54, 1.807) is 22.5 Å². The van der Waals surface area contributed by atoms with Crippen LogP contribution in [0.15, 0.2) is 18.3 Å². The number of anilines is 1. The number of unbranched alkanes of at least 4 members (excludes halogenated alkanes) is 3. The number of amides is 1. The van der Waals surface area contributed by atoms with Crippen molar-refractivity contribution in [2.24, 2.45) is 0 Å². The molecule has 0 atom stereocenters. The fraction of sp³-hybridized carbons (Fsp3) is 0.700. The number of carbonyl (C=O) groups is 1. The summed E-state index contributed by atoms with van der Waals surface area (Å²) < 4.78 is 5.93. The maximum absolute atomic E-state index is 11.5. The average Bonchev–Trinajstić information content (AvgIpc) is 2.61. The first-order valence-electron chi connectivity index (χ1n) is 9.71. The fourth-order valence-electron chi connectivity index (χ4n) is 3.41. The molecule has 0 aliphatic heterocycles. The normalized spacial score (nSPS) is 11.5. The zero-order chi connectivity index (χ0) is 18.0. The van der Waals surface area contributed by atoms with Gasteiger partial charge in [-0.2, -0.15) is 0 Å². The molecule has 0 unspecified atom stereocenters. The molecule has 3 nitrogen and oxygen atoms in total. The van der Waals surface area contributed by atoms with Crippen molar-refractivity contribution in [2.75, 3.05) is 11.9 Å². The standard InChI is InChI=1S/C8H9N2O.3C4H9.Sn/c1-7(11)10(2)8-5-3-4-6-9-8;3*1-3-4-2;/h3,5-6H,1-2H3;3*1,3-4H2,2H3;. The average molecular weight is 439 g/mol. The third-order valence-electron chi connectivity index (χ3n) is 5.20. The van der Waals surface area contributed by atoms with E-state index in [1.165, 1.54) is 51.8 Å². The first kappa shape index (κ1) is 21.5. The summed E-state index contributed by atoms with van der Waals surface area (Å²) in [7, 11) is 1.80. The van der Waals surface area contributed by atoms with Crippen molar-refractivity contribution >= 4 is 33.7 Å². The predicted molar refractivity (Wildman–Crippen MR) is 108 cm³/mol. The summed E-state index contributed by atoms with van der Waals surface area (Å²) in [4.78, 5) is 17.8. The van der Waals surface area contributed by atoms with Gasteiger partial charge in [0.2, 0.25) is 0 Å². The van der Waals surface area contributed by atoms with Crippen LogP contribution in [0.2, 0.25) is 13.3 Å². The van der Waals surface area contributed by atoms with E-state index >= 15 is 0 Å². The molecule has 1 rings (SSSR count). The van der Waals surface area contributed by atoms with Gasteiger partial charge in [0.25, 0.3) is 0 Å². The Hall–Kier alpha value is -0.581. The molecule has 0 bridgehead atoms. The third kappa shape index (κ3) is 6.05. The molecule has 0 aromatic carbocycles. The second-order valence-electron chi connectivity index (χ2n) is 7.07. The predicted octanol–water partition coefficient (Wildman–Crippen LogP) is 5.12. The molecule has 4 heteroatoms. The van der Waals surface area contributed by atoms with E-state index in [0.29, 0.717) is 0 Å². The topological polar surface area (TPSA) is 33.2 Å². The van der Waals surface area contributed by atoms with Crippen LogP contribution >= 0.6 is 0 Å². The zero-order valence-corrected chi connectivity index (χ0v) is 19.3. The van der Waals surface area contributed by atoms with Crippen molar-refractivity contribution in [3.8, 4) is 0 Å². The molecule has 1 aromatic rings. The Morgan fingerprint density at radius 2 is 1.50 bits per heavy atom. The molecule has 0 saturated carbocycles. The summed E-state index contributed by atoms with van der Waals surface area (Å²) in [5.41, 5.74) is 0. The molecule has 0 radical (unpaired) electrons.